The summed E-state index contributed by atoms with van der Waals surface area (Å²) in [6, 6.07) is 11.7. The van der Waals surface area contributed by atoms with E-state index >= 15 is 0 Å². The van der Waals surface area contributed by atoms with Crippen LogP contribution in [0.15, 0.2) is 42.6 Å². The zero-order chi connectivity index (χ0) is 24.5. The molecule has 1 aromatic carbocycles. The average molecular weight is 469 g/mol. The Morgan fingerprint density at radius 1 is 1.12 bits per heavy atom. The molecule has 182 valence electrons. The van der Waals surface area contributed by atoms with Gasteiger partial charge in [-0.25, -0.2) is 9.78 Å². The van der Waals surface area contributed by atoms with Crippen molar-refractivity contribution in [2.24, 2.45) is 0 Å². The number of carbonyl (C=O) groups excluding carboxylic acids is 2. The molecule has 1 atom stereocenters. The number of nitrogens with zero attached hydrogens (tertiary/aromatic N) is 2. The minimum Gasteiger partial charge on any atom is -0.464 e. The molecular weight excluding hydrogens is 436 g/mol. The highest BCUT2D eigenvalue weighted by molar-refractivity contribution is 6.11. The van der Waals surface area contributed by atoms with Gasteiger partial charge in [-0.15, -0.1) is 0 Å². The molecule has 34 heavy (non-hydrogen) atoms. The largest absolute Gasteiger partial charge is 0.464 e. The van der Waals surface area contributed by atoms with E-state index in [2.05, 4.69) is 15.6 Å². The fourth-order valence-electron chi connectivity index (χ4n) is 3.82. The lowest BCUT2D eigenvalue weighted by molar-refractivity contribution is -0.116. The quantitative estimate of drug-likeness (QED) is 0.392. The van der Waals surface area contributed by atoms with E-state index in [9.17, 15) is 9.59 Å². The van der Waals surface area contributed by atoms with Crippen LogP contribution in [0.25, 0.3) is 11.0 Å². The van der Waals surface area contributed by atoms with Crippen LogP contribution in [-0.2, 0) is 32.0 Å². The number of hydrogen-bond acceptors (Lipinski definition) is 7. The SMILES string of the molecule is COCCn1c(C(=O)OC)c(NC(=O)CCc2ccccc2)c2cc(N[C@H](C)COC)cnc21. The topological polar surface area (TPSA) is 104 Å². The zero-order valence-corrected chi connectivity index (χ0v) is 20.1. The molecule has 0 saturated heterocycles. The zero-order valence-electron chi connectivity index (χ0n) is 20.1. The molecule has 0 aliphatic carbocycles. The third-order valence-electron chi connectivity index (χ3n) is 5.37. The molecule has 0 bridgehead atoms. The van der Waals surface area contributed by atoms with Crippen LogP contribution in [0.4, 0.5) is 11.4 Å². The normalized spacial score (nSPS) is 11.9. The maximum Gasteiger partial charge on any atom is 0.356 e. The smallest absolute Gasteiger partial charge is 0.356 e. The Kier molecular flexibility index (Phi) is 9.00. The van der Waals surface area contributed by atoms with Gasteiger partial charge in [0.05, 0.1) is 37.9 Å². The third-order valence-corrected chi connectivity index (χ3v) is 5.37. The van der Waals surface area contributed by atoms with E-state index in [1.54, 1.807) is 25.0 Å². The monoisotopic (exact) mass is 468 g/mol. The van der Waals surface area contributed by atoms with E-state index in [4.69, 9.17) is 14.2 Å². The number of aromatic nitrogens is 2. The molecule has 9 nitrogen and oxygen atoms in total. The molecule has 0 saturated carbocycles. The molecular formula is C25H32N4O5. The average Bonchev–Trinajstić information content (AvgIpc) is 3.14. The van der Waals surface area contributed by atoms with E-state index in [-0.39, 0.29) is 24.1 Å². The molecule has 0 fully saturated rings. The summed E-state index contributed by atoms with van der Waals surface area (Å²) in [5.41, 5.74) is 2.98. The molecule has 3 aromatic rings. The lowest BCUT2D eigenvalue weighted by Crippen LogP contribution is -2.20. The number of amides is 1. The first-order chi connectivity index (χ1) is 16.5. The molecule has 2 aromatic heterocycles. The summed E-state index contributed by atoms with van der Waals surface area (Å²) < 4.78 is 17.2. The molecule has 0 aliphatic heterocycles. The van der Waals surface area contributed by atoms with Crippen LogP contribution in [0.3, 0.4) is 0 Å². The number of nitrogens with one attached hydrogen (secondary N) is 2. The second-order valence-corrected chi connectivity index (χ2v) is 7.99. The second kappa shape index (κ2) is 12.2. The van der Waals surface area contributed by atoms with E-state index in [1.807, 2.05) is 43.3 Å². The van der Waals surface area contributed by atoms with E-state index in [1.165, 1.54) is 7.11 Å². The van der Waals surface area contributed by atoms with Crippen molar-refractivity contribution >= 4 is 34.3 Å². The number of ether oxygens (including phenoxy) is 3. The van der Waals surface area contributed by atoms with Gasteiger partial charge in [-0.3, -0.25) is 4.79 Å². The van der Waals surface area contributed by atoms with Gasteiger partial charge >= 0.3 is 5.97 Å². The Bertz CT molecular complexity index is 1110. The van der Waals surface area contributed by atoms with Gasteiger partial charge in [0.15, 0.2) is 5.69 Å². The van der Waals surface area contributed by atoms with Crippen molar-refractivity contribution in [3.05, 3.63) is 53.9 Å². The van der Waals surface area contributed by atoms with Gasteiger partial charge in [0.2, 0.25) is 5.91 Å². The van der Waals surface area contributed by atoms with Crippen molar-refractivity contribution in [2.45, 2.75) is 32.4 Å². The van der Waals surface area contributed by atoms with Crippen molar-refractivity contribution < 1.29 is 23.8 Å². The molecule has 0 spiro atoms. The standard InChI is InChI=1S/C25H32N4O5/c1-17(16-33-3)27-19-14-20-22(28-21(30)11-10-18-8-6-5-7-9-18)23(25(31)34-4)29(12-13-32-2)24(20)26-15-19/h5-9,14-15,17,27H,10-13,16H2,1-4H3,(H,28,30)/t17-/m1/s1. The Morgan fingerprint density at radius 3 is 2.56 bits per heavy atom. The number of carbonyl (C=O) groups is 2. The number of aryl methyl sites for hydroxylation is 1. The number of pyridine rings is 1. The van der Waals surface area contributed by atoms with Crippen LogP contribution in [0, 0.1) is 0 Å². The molecule has 3 rings (SSSR count). The summed E-state index contributed by atoms with van der Waals surface area (Å²) in [5, 5.41) is 6.91. The van der Waals surface area contributed by atoms with Gasteiger partial charge in [-0.1, -0.05) is 30.3 Å². The van der Waals surface area contributed by atoms with Crippen LogP contribution in [0.2, 0.25) is 0 Å². The Hall–Kier alpha value is -3.43. The van der Waals surface area contributed by atoms with Crippen molar-refractivity contribution in [1.82, 2.24) is 9.55 Å². The number of rotatable bonds is 12. The van der Waals surface area contributed by atoms with Crippen molar-refractivity contribution in [3.8, 4) is 0 Å². The van der Waals surface area contributed by atoms with Crippen molar-refractivity contribution in [1.29, 1.82) is 0 Å². The fraction of sp³-hybridized carbons (Fsp3) is 0.400. The first-order valence-corrected chi connectivity index (χ1v) is 11.2. The highest BCUT2D eigenvalue weighted by atomic mass is 16.5. The number of esters is 1. The van der Waals surface area contributed by atoms with Gasteiger partial charge in [0.25, 0.3) is 0 Å². The Morgan fingerprint density at radius 2 is 1.88 bits per heavy atom. The highest BCUT2D eigenvalue weighted by Crippen LogP contribution is 2.33. The molecule has 9 heteroatoms. The molecule has 0 aliphatic rings. The van der Waals surface area contributed by atoms with Crippen LogP contribution < -0.4 is 10.6 Å². The molecule has 0 unspecified atom stereocenters. The summed E-state index contributed by atoms with van der Waals surface area (Å²) in [5.74, 6) is -0.763. The molecule has 2 N–H and O–H groups in total. The number of anilines is 2. The second-order valence-electron chi connectivity index (χ2n) is 7.99. The van der Waals surface area contributed by atoms with E-state index in [0.717, 1.165) is 11.3 Å². The van der Waals surface area contributed by atoms with Crippen molar-refractivity contribution in [3.63, 3.8) is 0 Å². The first-order valence-electron chi connectivity index (χ1n) is 11.2. The van der Waals surface area contributed by atoms with Gasteiger partial charge in [-0.2, -0.15) is 0 Å². The fourth-order valence-corrected chi connectivity index (χ4v) is 3.82. The van der Waals surface area contributed by atoms with Gasteiger partial charge < -0.3 is 29.4 Å². The Balaban J connectivity index is 1.99. The van der Waals surface area contributed by atoms with Crippen LogP contribution in [0.1, 0.15) is 29.4 Å². The summed E-state index contributed by atoms with van der Waals surface area (Å²) in [4.78, 5) is 30.3. The van der Waals surface area contributed by atoms with Gasteiger partial charge in [-0.05, 0) is 25.0 Å². The number of fused-ring (bicyclic) bond motifs is 1. The van der Waals surface area contributed by atoms with Gasteiger partial charge in [0, 0.05) is 38.6 Å². The lowest BCUT2D eigenvalue weighted by atomic mass is 10.1. The van der Waals surface area contributed by atoms with E-state index < -0.39 is 5.97 Å². The van der Waals surface area contributed by atoms with Gasteiger partial charge in [0.1, 0.15) is 5.65 Å². The first kappa shape index (κ1) is 25.2. The van der Waals surface area contributed by atoms with Crippen LogP contribution >= 0.6 is 0 Å². The van der Waals surface area contributed by atoms with Crippen molar-refractivity contribution in [2.75, 3.05) is 45.2 Å². The predicted octanol–water partition coefficient (Wildman–Crippen LogP) is 3.49. The minimum atomic E-state index is -0.560. The Labute approximate surface area is 199 Å². The van der Waals surface area contributed by atoms with E-state index in [0.29, 0.717) is 42.9 Å². The highest BCUT2D eigenvalue weighted by Gasteiger charge is 2.26. The summed E-state index contributed by atoms with van der Waals surface area (Å²) in [6.07, 6.45) is 2.55. The number of benzene rings is 1. The molecule has 2 heterocycles. The predicted molar refractivity (Wildman–Crippen MR) is 131 cm³/mol. The number of hydrogen-bond donors (Lipinski definition) is 2. The summed E-state index contributed by atoms with van der Waals surface area (Å²) in [6.45, 7) is 3.24. The minimum absolute atomic E-state index is 0.0452. The molecule has 1 amide bonds. The molecule has 0 radical (unpaired) electrons. The maximum atomic E-state index is 12.9. The maximum absolute atomic E-state index is 12.9. The van der Waals surface area contributed by atoms with Crippen LogP contribution in [0.5, 0.6) is 0 Å². The lowest BCUT2D eigenvalue weighted by Gasteiger charge is -2.14. The number of methoxy groups -OCH3 is 3. The third kappa shape index (κ3) is 6.12. The van der Waals surface area contributed by atoms with Crippen LogP contribution in [-0.4, -0.2) is 62.0 Å². The summed E-state index contributed by atoms with van der Waals surface area (Å²) in [7, 11) is 4.54. The summed E-state index contributed by atoms with van der Waals surface area (Å²) >= 11 is 0.